The van der Waals surface area contributed by atoms with Crippen molar-refractivity contribution in [1.82, 2.24) is 0 Å². The first-order valence-electron chi connectivity index (χ1n) is 13.7. The maximum Gasteiger partial charge on any atom is 0.172 e. The molecule has 216 valence electrons. The van der Waals surface area contributed by atoms with Gasteiger partial charge in [0.1, 0.15) is 23.0 Å². The van der Waals surface area contributed by atoms with Crippen molar-refractivity contribution in [3.05, 3.63) is 114 Å². The van der Waals surface area contributed by atoms with Crippen LogP contribution in [0.1, 0.15) is 6.92 Å². The molecule has 0 heterocycles. The number of methoxy groups -OCH3 is 4. The number of fused-ring (bicyclic) bond motifs is 2. The van der Waals surface area contributed by atoms with Crippen LogP contribution in [-0.2, 0) is 9.47 Å². The van der Waals surface area contributed by atoms with E-state index in [4.69, 9.17) is 25.4 Å². The van der Waals surface area contributed by atoms with Gasteiger partial charge in [-0.2, -0.15) is 0 Å². The van der Waals surface area contributed by atoms with Gasteiger partial charge in [-0.15, -0.1) is 6.42 Å². The van der Waals surface area contributed by atoms with Crippen molar-refractivity contribution in [1.29, 1.82) is 0 Å². The molecule has 6 heteroatoms. The summed E-state index contributed by atoms with van der Waals surface area (Å²) in [6.07, 6.45) is 7.37. The molecule has 0 aromatic heterocycles. The Morgan fingerprint density at radius 1 is 0.767 bits per heavy atom. The molecule has 5 aromatic carbocycles. The highest BCUT2D eigenvalue weighted by atomic mass is 31.1. The molecule has 0 fully saturated rings. The zero-order valence-electron chi connectivity index (χ0n) is 24.8. The Morgan fingerprint density at radius 3 is 1.88 bits per heavy atom. The molecule has 0 radical (unpaired) electrons. The first-order valence-corrected chi connectivity index (χ1v) is 15.0. The van der Waals surface area contributed by atoms with Crippen LogP contribution in [-0.4, -0.2) is 33.5 Å². The topological polar surface area (TPSA) is 57.2 Å². The number of para-hydroxylation sites is 1. The monoisotopic (exact) mass is 588 g/mol. The van der Waals surface area contributed by atoms with E-state index in [-0.39, 0.29) is 5.75 Å². The fraction of sp³-hybridized carbons (Fsp3) is 0.135. The summed E-state index contributed by atoms with van der Waals surface area (Å²) in [4.78, 5) is 0. The zero-order valence-corrected chi connectivity index (χ0v) is 25.7. The van der Waals surface area contributed by atoms with E-state index in [1.165, 1.54) is 7.11 Å². The summed E-state index contributed by atoms with van der Waals surface area (Å²) in [5.41, 5.74) is 1.70. The van der Waals surface area contributed by atoms with E-state index in [1.807, 2.05) is 67.6 Å². The van der Waals surface area contributed by atoms with Gasteiger partial charge in [-0.25, -0.2) is 0 Å². The second kappa shape index (κ2) is 12.9. The highest BCUT2D eigenvalue weighted by Crippen LogP contribution is 2.53. The SMILES string of the molecule is C#C/C(=C\C(OC)=C(/C)P(c1cccc(-c2c3ccccc3cc3ccccc23)c1O)c1c(OC)cccc1OC)OC. The smallest absolute Gasteiger partial charge is 0.172 e. The number of benzene rings is 5. The number of hydrogen-bond acceptors (Lipinski definition) is 5. The number of hydrogen-bond donors (Lipinski definition) is 1. The standard InChI is InChI=1S/C37H33O5P/c1-7-27(39-3)23-33(42-6)24(2)43(37-31(40-4)19-13-20-32(37)41-5)34-21-12-18-30(36(34)38)35-28-16-10-8-14-25(28)22-26-15-9-11-17-29(26)35/h1,8-23,38H,2-6H3/b27-23+,33-24-. The fourth-order valence-electron chi connectivity index (χ4n) is 5.44. The fourth-order valence-corrected chi connectivity index (χ4v) is 8.09. The second-order valence-corrected chi connectivity index (χ2v) is 12.0. The van der Waals surface area contributed by atoms with E-state index in [9.17, 15) is 5.11 Å². The molecule has 43 heavy (non-hydrogen) atoms. The Morgan fingerprint density at radius 2 is 1.35 bits per heavy atom. The van der Waals surface area contributed by atoms with E-state index < -0.39 is 7.92 Å². The van der Waals surface area contributed by atoms with E-state index in [1.54, 1.807) is 27.4 Å². The van der Waals surface area contributed by atoms with E-state index in [0.717, 1.165) is 43.3 Å². The summed E-state index contributed by atoms with van der Waals surface area (Å²) in [6, 6.07) is 30.3. The van der Waals surface area contributed by atoms with E-state index in [2.05, 4.69) is 36.3 Å². The zero-order chi connectivity index (χ0) is 30.5. The molecule has 0 bridgehead atoms. The van der Waals surface area contributed by atoms with Crippen LogP contribution in [0, 0.1) is 12.3 Å². The van der Waals surface area contributed by atoms with Crippen LogP contribution in [0.15, 0.2) is 114 Å². The Balaban J connectivity index is 1.88. The second-order valence-electron chi connectivity index (χ2n) is 9.72. The minimum absolute atomic E-state index is 0.172. The first-order chi connectivity index (χ1) is 21.0. The molecule has 0 amide bonds. The highest BCUT2D eigenvalue weighted by Gasteiger charge is 2.30. The Kier molecular flexibility index (Phi) is 8.90. The molecule has 1 atom stereocenters. The van der Waals surface area contributed by atoms with Gasteiger partial charge in [-0.3, -0.25) is 0 Å². The van der Waals surface area contributed by atoms with Gasteiger partial charge in [0, 0.05) is 27.8 Å². The molecular weight excluding hydrogens is 555 g/mol. The van der Waals surface area contributed by atoms with Gasteiger partial charge in [0.15, 0.2) is 5.76 Å². The van der Waals surface area contributed by atoms with Crippen molar-refractivity contribution >= 4 is 40.1 Å². The van der Waals surface area contributed by atoms with Crippen molar-refractivity contribution in [2.75, 3.05) is 28.4 Å². The number of terminal acetylenes is 1. The lowest BCUT2D eigenvalue weighted by atomic mass is 9.91. The Bertz CT molecular complexity index is 1840. The summed E-state index contributed by atoms with van der Waals surface area (Å²) in [7, 11) is 4.88. The molecule has 0 saturated heterocycles. The minimum Gasteiger partial charge on any atom is -0.507 e. The van der Waals surface area contributed by atoms with Crippen molar-refractivity contribution in [2.45, 2.75) is 6.92 Å². The molecule has 0 aliphatic heterocycles. The van der Waals surface area contributed by atoms with Gasteiger partial charge in [-0.05, 0) is 60.5 Å². The quantitative estimate of drug-likeness (QED) is 0.0625. The summed E-state index contributed by atoms with van der Waals surface area (Å²) in [5.74, 6) is 4.82. The number of phenolic OH excluding ortho intramolecular Hbond substituents is 1. The molecule has 0 aliphatic rings. The van der Waals surface area contributed by atoms with Gasteiger partial charge in [0.05, 0.1) is 33.7 Å². The van der Waals surface area contributed by atoms with Gasteiger partial charge in [-0.1, -0.05) is 72.8 Å². The summed E-state index contributed by atoms with van der Waals surface area (Å²) < 4.78 is 23.0. The number of rotatable bonds is 9. The molecule has 5 aromatic rings. The normalized spacial score (nSPS) is 12.8. The molecule has 0 aliphatic carbocycles. The van der Waals surface area contributed by atoms with Crippen LogP contribution in [0.25, 0.3) is 32.7 Å². The molecule has 1 N–H and O–H groups in total. The Hall–Kier alpha value is -4.91. The van der Waals surface area contributed by atoms with Crippen LogP contribution < -0.4 is 20.1 Å². The molecular formula is C37H33O5P. The molecule has 5 nitrogen and oxygen atoms in total. The predicted molar refractivity (Wildman–Crippen MR) is 178 cm³/mol. The number of aromatic hydroxyl groups is 1. The number of ether oxygens (including phenoxy) is 4. The van der Waals surface area contributed by atoms with Gasteiger partial charge in [0.25, 0.3) is 0 Å². The lowest BCUT2D eigenvalue weighted by Gasteiger charge is -2.26. The lowest BCUT2D eigenvalue weighted by molar-refractivity contribution is 0.286. The maximum absolute atomic E-state index is 12.3. The Labute approximate surface area is 253 Å². The van der Waals surface area contributed by atoms with Crippen molar-refractivity contribution < 1.29 is 24.1 Å². The maximum atomic E-state index is 12.3. The summed E-state index contributed by atoms with van der Waals surface area (Å²) >= 11 is 0. The summed E-state index contributed by atoms with van der Waals surface area (Å²) in [5, 5.41) is 19.0. The van der Waals surface area contributed by atoms with E-state index >= 15 is 0 Å². The molecule has 0 spiro atoms. The first kappa shape index (κ1) is 29.6. The van der Waals surface area contributed by atoms with Crippen LogP contribution in [0.5, 0.6) is 17.2 Å². The molecule has 1 unspecified atom stereocenters. The largest absolute Gasteiger partial charge is 0.507 e. The third-order valence-corrected chi connectivity index (χ3v) is 10.1. The van der Waals surface area contributed by atoms with E-state index in [0.29, 0.717) is 28.3 Å². The molecule has 0 saturated carbocycles. The van der Waals surface area contributed by atoms with Crippen LogP contribution in [0.4, 0.5) is 0 Å². The van der Waals surface area contributed by atoms with Crippen molar-refractivity contribution in [3.63, 3.8) is 0 Å². The van der Waals surface area contributed by atoms with Gasteiger partial charge in [0.2, 0.25) is 0 Å². The van der Waals surface area contributed by atoms with Gasteiger partial charge < -0.3 is 24.1 Å². The van der Waals surface area contributed by atoms with Crippen molar-refractivity contribution in [2.24, 2.45) is 0 Å². The lowest BCUT2D eigenvalue weighted by Crippen LogP contribution is -2.18. The van der Waals surface area contributed by atoms with Crippen LogP contribution in [0.3, 0.4) is 0 Å². The van der Waals surface area contributed by atoms with Gasteiger partial charge >= 0.3 is 0 Å². The third-order valence-electron chi connectivity index (χ3n) is 7.46. The minimum atomic E-state index is -1.48. The summed E-state index contributed by atoms with van der Waals surface area (Å²) in [6.45, 7) is 1.97. The third kappa shape index (κ3) is 5.50. The highest BCUT2D eigenvalue weighted by molar-refractivity contribution is 7.77. The number of allylic oxidation sites excluding steroid dienone is 3. The van der Waals surface area contributed by atoms with Crippen LogP contribution in [0.2, 0.25) is 0 Å². The average Bonchev–Trinajstić information content (AvgIpc) is 3.05. The molecule has 5 rings (SSSR count). The van der Waals surface area contributed by atoms with Crippen LogP contribution >= 0.6 is 7.92 Å². The predicted octanol–water partition coefficient (Wildman–Crippen LogP) is 7.86. The average molecular weight is 589 g/mol. The number of phenols is 1. The van der Waals surface area contributed by atoms with Crippen molar-refractivity contribution in [3.8, 4) is 40.7 Å².